The van der Waals surface area contributed by atoms with Crippen molar-refractivity contribution < 1.29 is 27.5 Å². The molecule has 7 heteroatoms. The lowest BCUT2D eigenvalue weighted by molar-refractivity contribution is -0.199. The molecule has 14 heavy (non-hydrogen) atoms. The molecule has 0 fully saturated rings. The molecule has 0 saturated carbocycles. The molecule has 0 aromatic heterocycles. The Labute approximate surface area is 77.5 Å². The number of ether oxygens (including phenoxy) is 1. The van der Waals surface area contributed by atoms with Crippen molar-refractivity contribution in [3.63, 3.8) is 0 Å². The Morgan fingerprint density at radius 2 is 1.86 bits per heavy atom. The van der Waals surface area contributed by atoms with Gasteiger partial charge in [0.2, 0.25) is 0 Å². The normalized spacial score (nSPS) is 10.9. The van der Waals surface area contributed by atoms with Crippen LogP contribution in [0.5, 0.6) is 0 Å². The Bertz CT molecular complexity index is 259. The van der Waals surface area contributed by atoms with Gasteiger partial charge >= 0.3 is 18.1 Å². The van der Waals surface area contributed by atoms with Gasteiger partial charge in [0.1, 0.15) is 5.71 Å². The Hall–Kier alpha value is -1.40. The fourth-order valence-electron chi connectivity index (χ4n) is 0.556. The fraction of sp³-hybridized carbons (Fsp3) is 0.571. The standard InChI is InChI=1S/C7H8F3NO3/c1-2-3-4(11)5(12)14-6(13)7(8,9)10/h11H,2-3H2,1H3. The van der Waals surface area contributed by atoms with E-state index in [4.69, 9.17) is 5.41 Å². The maximum Gasteiger partial charge on any atom is 0.491 e. The predicted molar refractivity (Wildman–Crippen MR) is 39.8 cm³/mol. The highest BCUT2D eigenvalue weighted by molar-refractivity contribution is 6.36. The van der Waals surface area contributed by atoms with Crippen LogP contribution in [0.4, 0.5) is 13.2 Å². The van der Waals surface area contributed by atoms with Gasteiger partial charge in [0, 0.05) is 0 Å². The zero-order chi connectivity index (χ0) is 11.4. The number of alkyl halides is 3. The van der Waals surface area contributed by atoms with Crippen LogP contribution in [0.15, 0.2) is 0 Å². The van der Waals surface area contributed by atoms with E-state index in [1.54, 1.807) is 6.92 Å². The predicted octanol–water partition coefficient (Wildman–Crippen LogP) is 1.44. The van der Waals surface area contributed by atoms with Crippen LogP contribution < -0.4 is 0 Å². The average molecular weight is 211 g/mol. The van der Waals surface area contributed by atoms with E-state index < -0.39 is 23.8 Å². The third-order valence-corrected chi connectivity index (χ3v) is 1.16. The molecular weight excluding hydrogens is 203 g/mol. The first kappa shape index (κ1) is 12.6. The number of rotatable bonds is 3. The molecule has 0 rings (SSSR count). The summed E-state index contributed by atoms with van der Waals surface area (Å²) in [5.41, 5.74) is -0.648. The monoisotopic (exact) mass is 211 g/mol. The minimum absolute atomic E-state index is 0.0238. The van der Waals surface area contributed by atoms with Crippen LogP contribution in [0, 0.1) is 5.41 Å². The van der Waals surface area contributed by atoms with E-state index in [-0.39, 0.29) is 6.42 Å². The van der Waals surface area contributed by atoms with Crippen LogP contribution in [0.2, 0.25) is 0 Å². The first-order chi connectivity index (χ1) is 6.29. The third-order valence-electron chi connectivity index (χ3n) is 1.16. The lowest BCUT2D eigenvalue weighted by atomic mass is 10.2. The highest BCUT2D eigenvalue weighted by atomic mass is 19.4. The molecule has 0 aliphatic rings. The van der Waals surface area contributed by atoms with Crippen molar-refractivity contribution in [3.05, 3.63) is 0 Å². The second-order valence-electron chi connectivity index (χ2n) is 2.40. The summed E-state index contributed by atoms with van der Waals surface area (Å²) in [7, 11) is 0. The summed E-state index contributed by atoms with van der Waals surface area (Å²) in [5.74, 6) is -4.14. The molecule has 80 valence electrons. The summed E-state index contributed by atoms with van der Waals surface area (Å²) < 4.78 is 38.1. The molecule has 0 aliphatic heterocycles. The summed E-state index contributed by atoms with van der Waals surface area (Å²) in [6.07, 6.45) is -4.82. The van der Waals surface area contributed by atoms with Crippen molar-refractivity contribution in [3.8, 4) is 0 Å². The van der Waals surface area contributed by atoms with Gasteiger partial charge in [-0.25, -0.2) is 9.59 Å². The molecule has 0 aromatic rings. The Kier molecular flexibility index (Phi) is 4.26. The molecule has 0 radical (unpaired) electrons. The van der Waals surface area contributed by atoms with Crippen LogP contribution in [0.3, 0.4) is 0 Å². The lowest BCUT2D eigenvalue weighted by Crippen LogP contribution is -2.30. The molecule has 0 aliphatic carbocycles. The Morgan fingerprint density at radius 3 is 2.21 bits per heavy atom. The first-order valence-corrected chi connectivity index (χ1v) is 3.69. The molecule has 0 atom stereocenters. The van der Waals surface area contributed by atoms with Crippen LogP contribution in [-0.2, 0) is 14.3 Å². The van der Waals surface area contributed by atoms with Gasteiger partial charge in [-0.15, -0.1) is 0 Å². The summed E-state index contributed by atoms with van der Waals surface area (Å²) >= 11 is 0. The summed E-state index contributed by atoms with van der Waals surface area (Å²) in [6, 6.07) is 0. The van der Waals surface area contributed by atoms with Crippen molar-refractivity contribution in [2.75, 3.05) is 0 Å². The number of nitrogens with one attached hydrogen (secondary N) is 1. The van der Waals surface area contributed by atoms with Crippen molar-refractivity contribution >= 4 is 17.7 Å². The van der Waals surface area contributed by atoms with Gasteiger partial charge in [0.25, 0.3) is 0 Å². The minimum atomic E-state index is -5.21. The fourth-order valence-corrected chi connectivity index (χ4v) is 0.556. The van der Waals surface area contributed by atoms with Crippen molar-refractivity contribution in [1.82, 2.24) is 0 Å². The quantitative estimate of drug-likeness (QED) is 0.436. The van der Waals surface area contributed by atoms with E-state index in [1.807, 2.05) is 0 Å². The molecule has 1 N–H and O–H groups in total. The van der Waals surface area contributed by atoms with Gasteiger partial charge in [0.05, 0.1) is 0 Å². The van der Waals surface area contributed by atoms with E-state index in [9.17, 15) is 22.8 Å². The van der Waals surface area contributed by atoms with Gasteiger partial charge in [-0.1, -0.05) is 13.3 Å². The molecule has 0 heterocycles. The number of halogens is 3. The van der Waals surface area contributed by atoms with Crippen LogP contribution in [0.25, 0.3) is 0 Å². The smallest absolute Gasteiger partial charge is 0.382 e. The van der Waals surface area contributed by atoms with E-state index in [0.717, 1.165) is 0 Å². The van der Waals surface area contributed by atoms with Crippen molar-refractivity contribution in [1.29, 1.82) is 5.41 Å². The van der Waals surface area contributed by atoms with Gasteiger partial charge < -0.3 is 4.74 Å². The molecule has 0 bridgehead atoms. The topological polar surface area (TPSA) is 67.2 Å². The molecule has 0 amide bonds. The number of esters is 2. The van der Waals surface area contributed by atoms with Crippen LogP contribution >= 0.6 is 0 Å². The SMILES string of the molecule is CCCC(=N)C(=O)OC(=O)C(F)(F)F. The highest BCUT2D eigenvalue weighted by Crippen LogP contribution is 2.16. The third kappa shape index (κ3) is 4.01. The van der Waals surface area contributed by atoms with Gasteiger partial charge in [-0.3, -0.25) is 5.41 Å². The van der Waals surface area contributed by atoms with Gasteiger partial charge in [-0.05, 0) is 6.42 Å². The second kappa shape index (κ2) is 4.73. The summed E-state index contributed by atoms with van der Waals surface area (Å²) in [5, 5.41) is 6.90. The highest BCUT2D eigenvalue weighted by Gasteiger charge is 2.42. The van der Waals surface area contributed by atoms with E-state index in [2.05, 4.69) is 4.74 Å². The maximum atomic E-state index is 11.6. The van der Waals surface area contributed by atoms with Crippen molar-refractivity contribution in [2.24, 2.45) is 0 Å². The Morgan fingerprint density at radius 1 is 1.36 bits per heavy atom. The minimum Gasteiger partial charge on any atom is -0.382 e. The number of hydrogen-bond acceptors (Lipinski definition) is 4. The largest absolute Gasteiger partial charge is 0.491 e. The zero-order valence-corrected chi connectivity index (χ0v) is 7.27. The molecular formula is C7H8F3NO3. The number of carbonyl (C=O) groups excluding carboxylic acids is 2. The first-order valence-electron chi connectivity index (χ1n) is 3.69. The summed E-state index contributed by atoms with van der Waals surface area (Å²) in [6.45, 7) is 1.63. The molecule has 4 nitrogen and oxygen atoms in total. The Balaban J connectivity index is 4.21. The van der Waals surface area contributed by atoms with Gasteiger partial charge in [-0.2, -0.15) is 13.2 Å². The van der Waals surface area contributed by atoms with Crippen LogP contribution in [0.1, 0.15) is 19.8 Å². The van der Waals surface area contributed by atoms with Gasteiger partial charge in [0.15, 0.2) is 0 Å². The van der Waals surface area contributed by atoms with Crippen LogP contribution in [-0.4, -0.2) is 23.8 Å². The molecule has 0 unspecified atom stereocenters. The maximum absolute atomic E-state index is 11.6. The van der Waals surface area contributed by atoms with Crippen molar-refractivity contribution in [2.45, 2.75) is 25.9 Å². The molecule has 0 aromatic carbocycles. The lowest BCUT2D eigenvalue weighted by Gasteiger charge is -2.05. The average Bonchev–Trinajstić information content (AvgIpc) is 2.02. The number of carbonyl (C=O) groups is 2. The van der Waals surface area contributed by atoms with E-state index in [1.165, 1.54) is 0 Å². The summed E-state index contributed by atoms with van der Waals surface area (Å²) in [4.78, 5) is 20.7. The zero-order valence-electron chi connectivity index (χ0n) is 7.27. The second-order valence-corrected chi connectivity index (χ2v) is 2.40. The van der Waals surface area contributed by atoms with E-state index >= 15 is 0 Å². The molecule has 0 saturated heterocycles. The van der Waals surface area contributed by atoms with E-state index in [0.29, 0.717) is 6.42 Å². The molecule has 0 spiro atoms. The number of hydrogen-bond donors (Lipinski definition) is 1.